The first-order valence-electron chi connectivity index (χ1n) is 9.34. The van der Waals surface area contributed by atoms with E-state index in [-0.39, 0.29) is 17.3 Å². The molecule has 2 aromatic rings. The number of carbonyl (C=O) groups is 1. The second-order valence-electron chi connectivity index (χ2n) is 6.68. The number of rotatable bonds is 7. The second kappa shape index (κ2) is 10.2. The summed E-state index contributed by atoms with van der Waals surface area (Å²) in [5.74, 6) is -0.183. The van der Waals surface area contributed by atoms with Gasteiger partial charge in [-0.2, -0.15) is 18.4 Å². The van der Waals surface area contributed by atoms with E-state index in [1.165, 1.54) is 12.3 Å². The predicted molar refractivity (Wildman–Crippen MR) is 113 cm³/mol. The zero-order valence-electron chi connectivity index (χ0n) is 17.1. The van der Waals surface area contributed by atoms with Crippen LogP contribution in [0.15, 0.2) is 48.2 Å². The van der Waals surface area contributed by atoms with Crippen LogP contribution in [0.2, 0.25) is 5.02 Å². The number of hydrogen-bond acceptors (Lipinski definition) is 4. The van der Waals surface area contributed by atoms with Crippen molar-refractivity contribution in [3.63, 3.8) is 0 Å². The summed E-state index contributed by atoms with van der Waals surface area (Å²) in [4.78, 5) is 12.4. The van der Waals surface area contributed by atoms with E-state index in [2.05, 4.69) is 10.6 Å². The van der Waals surface area contributed by atoms with Gasteiger partial charge in [0.25, 0.3) is 5.91 Å². The molecule has 1 atom stereocenters. The van der Waals surface area contributed by atoms with E-state index in [1.807, 2.05) is 39.0 Å². The molecule has 0 aromatic heterocycles. The Hall–Kier alpha value is -3.18. The van der Waals surface area contributed by atoms with Gasteiger partial charge in [0.2, 0.25) is 0 Å². The van der Waals surface area contributed by atoms with Crippen LogP contribution in [0.5, 0.6) is 5.75 Å². The standard InChI is InChI=1S/C22H21ClF3N3O2/c1-4-31-20-8-5-13(2)9-17(20)14(3)28-12-15(11-27)21(30)29-16-6-7-19(23)18(10-16)22(24,25)26/h5-10,12,14,28H,4H2,1-3H3,(H,29,30)/b15-12-. The highest BCUT2D eigenvalue weighted by Crippen LogP contribution is 2.36. The normalized spacial score (nSPS) is 12.6. The summed E-state index contributed by atoms with van der Waals surface area (Å²) in [7, 11) is 0. The van der Waals surface area contributed by atoms with Crippen molar-refractivity contribution in [2.24, 2.45) is 0 Å². The lowest BCUT2D eigenvalue weighted by molar-refractivity contribution is -0.137. The Morgan fingerprint density at radius 3 is 2.61 bits per heavy atom. The van der Waals surface area contributed by atoms with E-state index in [0.717, 1.165) is 17.2 Å². The Morgan fingerprint density at radius 1 is 1.29 bits per heavy atom. The Kier molecular flexibility index (Phi) is 7.95. The Balaban J connectivity index is 2.18. The number of benzene rings is 2. The van der Waals surface area contributed by atoms with Crippen LogP contribution in [0.1, 0.15) is 36.6 Å². The molecule has 31 heavy (non-hydrogen) atoms. The van der Waals surface area contributed by atoms with Gasteiger partial charge in [-0.15, -0.1) is 0 Å². The number of hydrogen-bond donors (Lipinski definition) is 2. The molecular weight excluding hydrogens is 431 g/mol. The van der Waals surface area contributed by atoms with Crippen LogP contribution < -0.4 is 15.4 Å². The number of anilines is 1. The van der Waals surface area contributed by atoms with Crippen molar-refractivity contribution >= 4 is 23.2 Å². The summed E-state index contributed by atoms with van der Waals surface area (Å²) in [6.07, 6.45) is -3.45. The maximum absolute atomic E-state index is 13.0. The largest absolute Gasteiger partial charge is 0.494 e. The average Bonchev–Trinajstić information content (AvgIpc) is 2.70. The summed E-state index contributed by atoms with van der Waals surface area (Å²) in [6, 6.07) is 10.1. The SMILES string of the molecule is CCOc1ccc(C)cc1C(C)N/C=C(/C#N)C(=O)Nc1ccc(Cl)c(C(F)(F)F)c1. The van der Waals surface area contributed by atoms with Crippen LogP contribution in [-0.2, 0) is 11.0 Å². The van der Waals surface area contributed by atoms with E-state index in [9.17, 15) is 23.2 Å². The molecule has 0 aliphatic heterocycles. The van der Waals surface area contributed by atoms with E-state index in [0.29, 0.717) is 18.4 Å². The van der Waals surface area contributed by atoms with Gasteiger partial charge >= 0.3 is 6.18 Å². The molecule has 0 aliphatic rings. The lowest BCUT2D eigenvalue weighted by Gasteiger charge is -2.18. The number of nitrogens with one attached hydrogen (secondary N) is 2. The topological polar surface area (TPSA) is 74.1 Å². The molecule has 0 aliphatic carbocycles. The zero-order chi connectivity index (χ0) is 23.2. The van der Waals surface area contributed by atoms with Crippen LogP contribution in [0, 0.1) is 18.3 Å². The summed E-state index contributed by atoms with van der Waals surface area (Å²) in [5.41, 5.74) is 0.333. The van der Waals surface area contributed by atoms with Crippen molar-refractivity contribution in [2.45, 2.75) is 33.0 Å². The number of carbonyl (C=O) groups excluding carboxylic acids is 1. The molecule has 0 saturated carbocycles. The van der Waals surface area contributed by atoms with Crippen molar-refractivity contribution in [3.8, 4) is 11.8 Å². The van der Waals surface area contributed by atoms with Gasteiger partial charge in [-0.05, 0) is 45.0 Å². The fourth-order valence-corrected chi connectivity index (χ4v) is 2.98. The van der Waals surface area contributed by atoms with Gasteiger partial charge in [0.15, 0.2) is 0 Å². The van der Waals surface area contributed by atoms with Crippen molar-refractivity contribution in [1.82, 2.24) is 5.32 Å². The number of amides is 1. The summed E-state index contributed by atoms with van der Waals surface area (Å²) >= 11 is 5.58. The minimum absolute atomic E-state index is 0.131. The van der Waals surface area contributed by atoms with Gasteiger partial charge in [-0.3, -0.25) is 4.79 Å². The van der Waals surface area contributed by atoms with E-state index < -0.39 is 22.7 Å². The average molecular weight is 452 g/mol. The molecular formula is C22H21ClF3N3O2. The Labute approximate surface area is 183 Å². The molecule has 0 saturated heterocycles. The monoisotopic (exact) mass is 451 g/mol. The molecule has 0 spiro atoms. The van der Waals surface area contributed by atoms with Crippen LogP contribution in [-0.4, -0.2) is 12.5 Å². The maximum atomic E-state index is 13.0. The first-order valence-corrected chi connectivity index (χ1v) is 9.72. The Morgan fingerprint density at radius 2 is 2.00 bits per heavy atom. The molecule has 9 heteroatoms. The Bertz CT molecular complexity index is 1030. The quantitative estimate of drug-likeness (QED) is 0.414. The highest BCUT2D eigenvalue weighted by molar-refractivity contribution is 6.31. The minimum atomic E-state index is -4.67. The third-order valence-electron chi connectivity index (χ3n) is 4.30. The predicted octanol–water partition coefficient (Wildman–Crippen LogP) is 5.76. The molecule has 1 amide bonds. The van der Waals surface area contributed by atoms with Crippen molar-refractivity contribution < 1.29 is 22.7 Å². The molecule has 164 valence electrons. The van der Waals surface area contributed by atoms with E-state index >= 15 is 0 Å². The fourth-order valence-electron chi connectivity index (χ4n) is 2.76. The lowest BCUT2D eigenvalue weighted by Crippen LogP contribution is -2.19. The summed E-state index contributed by atoms with van der Waals surface area (Å²) < 4.78 is 44.6. The van der Waals surface area contributed by atoms with Crippen molar-refractivity contribution in [1.29, 1.82) is 5.26 Å². The number of aryl methyl sites for hydroxylation is 1. The van der Waals surface area contributed by atoms with Crippen molar-refractivity contribution in [3.05, 3.63) is 69.9 Å². The summed E-state index contributed by atoms with van der Waals surface area (Å²) in [6.45, 7) is 6.10. The van der Waals surface area contributed by atoms with Crippen LogP contribution >= 0.6 is 11.6 Å². The molecule has 0 radical (unpaired) electrons. The fraction of sp³-hybridized carbons (Fsp3) is 0.273. The van der Waals surface area contributed by atoms with Gasteiger partial charge in [0.05, 0.1) is 23.2 Å². The molecule has 0 bridgehead atoms. The number of nitriles is 1. The third kappa shape index (κ3) is 6.40. The zero-order valence-corrected chi connectivity index (χ0v) is 17.9. The number of ether oxygens (including phenoxy) is 1. The smallest absolute Gasteiger partial charge is 0.417 e. The molecule has 5 nitrogen and oxygen atoms in total. The van der Waals surface area contributed by atoms with E-state index in [1.54, 1.807) is 6.07 Å². The first-order chi connectivity index (χ1) is 14.6. The molecule has 0 fully saturated rings. The van der Waals surface area contributed by atoms with Gasteiger partial charge in [-0.25, -0.2) is 0 Å². The van der Waals surface area contributed by atoms with E-state index in [4.69, 9.17) is 16.3 Å². The molecule has 2 N–H and O–H groups in total. The number of halogens is 4. The third-order valence-corrected chi connectivity index (χ3v) is 4.63. The molecule has 2 aromatic carbocycles. The highest BCUT2D eigenvalue weighted by Gasteiger charge is 2.33. The lowest BCUT2D eigenvalue weighted by atomic mass is 10.0. The molecule has 0 heterocycles. The maximum Gasteiger partial charge on any atom is 0.417 e. The van der Waals surface area contributed by atoms with Gasteiger partial charge in [-0.1, -0.05) is 29.3 Å². The van der Waals surface area contributed by atoms with Gasteiger partial charge in [0.1, 0.15) is 17.4 Å². The van der Waals surface area contributed by atoms with Crippen molar-refractivity contribution in [2.75, 3.05) is 11.9 Å². The van der Waals surface area contributed by atoms with Crippen LogP contribution in [0.25, 0.3) is 0 Å². The first kappa shape index (κ1) is 24.1. The second-order valence-corrected chi connectivity index (χ2v) is 7.09. The number of alkyl halides is 3. The summed E-state index contributed by atoms with van der Waals surface area (Å²) in [5, 5.41) is 14.1. The molecule has 1 unspecified atom stereocenters. The number of nitrogens with zero attached hydrogens (tertiary/aromatic N) is 1. The minimum Gasteiger partial charge on any atom is -0.494 e. The molecule has 2 rings (SSSR count). The van der Waals surface area contributed by atoms with Crippen LogP contribution in [0.4, 0.5) is 18.9 Å². The van der Waals surface area contributed by atoms with Gasteiger partial charge in [0, 0.05) is 17.5 Å². The van der Waals surface area contributed by atoms with Gasteiger partial charge < -0.3 is 15.4 Å². The highest BCUT2D eigenvalue weighted by atomic mass is 35.5. The van der Waals surface area contributed by atoms with Crippen LogP contribution in [0.3, 0.4) is 0 Å².